The number of halogens is 7. The van der Waals surface area contributed by atoms with E-state index in [9.17, 15) is 0 Å². The van der Waals surface area contributed by atoms with Gasteiger partial charge in [0.25, 0.3) is 0 Å². The highest BCUT2D eigenvalue weighted by Crippen LogP contribution is 2.70. The molecule has 98 valence electrons. The number of allylic oxidation sites excluding steroid dienone is 1. The van der Waals surface area contributed by atoms with Gasteiger partial charge in [-0.1, -0.05) is 34.8 Å². The zero-order valence-electron chi connectivity index (χ0n) is 8.45. The van der Waals surface area contributed by atoms with E-state index in [0.717, 1.165) is 5.57 Å². The minimum absolute atomic E-state index is 0.0633. The molecule has 0 N–H and O–H groups in total. The highest BCUT2D eigenvalue weighted by Gasteiger charge is 2.69. The number of rotatable bonds is 2. The van der Waals surface area contributed by atoms with Gasteiger partial charge in [-0.2, -0.15) is 0 Å². The average Bonchev–Trinajstić information content (AvgIpc) is 2.72. The minimum atomic E-state index is -1.04. The summed E-state index contributed by atoms with van der Waals surface area (Å²) in [5.74, 6) is 0.0403. The average molecular weight is 377 g/mol. The third-order valence-electron chi connectivity index (χ3n) is 3.98. The van der Waals surface area contributed by atoms with Crippen LogP contribution < -0.4 is 0 Å². The molecule has 0 aromatic rings. The minimum Gasteiger partial charge on any atom is -0.126 e. The maximum Gasteiger partial charge on any atom is 0.141 e. The molecule has 0 aromatic heterocycles. The largest absolute Gasteiger partial charge is 0.141 e. The topological polar surface area (TPSA) is 0 Å². The summed E-state index contributed by atoms with van der Waals surface area (Å²) in [4.78, 5) is -0.689. The van der Waals surface area contributed by atoms with Gasteiger partial charge < -0.3 is 0 Å². The van der Waals surface area contributed by atoms with E-state index in [-0.39, 0.29) is 17.7 Å². The van der Waals surface area contributed by atoms with E-state index in [1.165, 1.54) is 5.54 Å². The summed E-state index contributed by atoms with van der Waals surface area (Å²) in [6.07, 6.45) is 0.711. The van der Waals surface area contributed by atoms with Crippen LogP contribution >= 0.6 is 81.2 Å². The van der Waals surface area contributed by atoms with Gasteiger partial charge in [0.1, 0.15) is 9.17 Å². The molecule has 2 aliphatic carbocycles. The number of hydrogen-bond donors (Lipinski definition) is 0. The lowest BCUT2D eigenvalue weighted by Crippen LogP contribution is -2.49. The molecular formula is C10H9Cl7. The van der Waals surface area contributed by atoms with Crippen LogP contribution in [0.5, 0.6) is 0 Å². The zero-order valence-corrected chi connectivity index (χ0v) is 13.7. The second-order valence-corrected chi connectivity index (χ2v) is 8.01. The van der Waals surface area contributed by atoms with Crippen LogP contribution in [0.1, 0.15) is 6.42 Å². The van der Waals surface area contributed by atoms with Gasteiger partial charge >= 0.3 is 0 Å². The molecule has 0 heterocycles. The Morgan fingerprint density at radius 2 is 1.94 bits per heavy atom. The number of alkyl halides is 6. The third kappa shape index (κ3) is 1.86. The van der Waals surface area contributed by atoms with Gasteiger partial charge in [0.05, 0.1) is 5.38 Å². The molecular weight excluding hydrogens is 368 g/mol. The maximum atomic E-state index is 6.32. The van der Waals surface area contributed by atoms with Crippen LogP contribution in [-0.4, -0.2) is 20.4 Å². The first-order chi connectivity index (χ1) is 7.83. The Kier molecular flexibility index (Phi) is 4.42. The maximum absolute atomic E-state index is 6.32. The van der Waals surface area contributed by atoms with Crippen molar-refractivity contribution in [1.82, 2.24) is 0 Å². The van der Waals surface area contributed by atoms with Gasteiger partial charge in [0.2, 0.25) is 0 Å². The molecule has 0 amide bonds. The highest BCUT2D eigenvalue weighted by atomic mass is 35.5. The Hall–Kier alpha value is 1.77. The fourth-order valence-electron chi connectivity index (χ4n) is 3.04. The van der Waals surface area contributed by atoms with Crippen LogP contribution in [0.4, 0.5) is 0 Å². The summed E-state index contributed by atoms with van der Waals surface area (Å²) in [5.41, 5.74) is 1.64. The number of fused-ring (bicyclic) bond motifs is 2. The Morgan fingerprint density at radius 3 is 2.35 bits per heavy atom. The van der Waals surface area contributed by atoms with Crippen molar-refractivity contribution < 1.29 is 0 Å². The standard InChI is InChI=1S/C10H9Cl7/c11-2-6-4-1-5(7(13)10(4,16)17)9(6,3-12)8(14)15/h2,4-5,7-8H,1,3H2/b6-2+/t4-,5-,7+,9+/m0/s1. The van der Waals surface area contributed by atoms with Crippen LogP contribution in [0.25, 0.3) is 0 Å². The van der Waals surface area contributed by atoms with Crippen molar-refractivity contribution in [3.8, 4) is 0 Å². The molecule has 0 nitrogen and oxygen atoms in total. The van der Waals surface area contributed by atoms with Crippen LogP contribution in [0, 0.1) is 17.3 Å². The summed E-state index contributed by atoms with van der Waals surface area (Å²) in [7, 11) is 0. The molecule has 0 aliphatic heterocycles. The van der Waals surface area contributed by atoms with Crippen LogP contribution in [0.3, 0.4) is 0 Å². The van der Waals surface area contributed by atoms with Gasteiger partial charge in [-0.3, -0.25) is 0 Å². The van der Waals surface area contributed by atoms with Gasteiger partial charge in [-0.15, -0.1) is 46.4 Å². The fourth-order valence-corrected chi connectivity index (χ4v) is 5.98. The lowest BCUT2D eigenvalue weighted by Gasteiger charge is -2.45. The first-order valence-electron chi connectivity index (χ1n) is 5.00. The van der Waals surface area contributed by atoms with Crippen molar-refractivity contribution in [3.05, 3.63) is 11.1 Å². The van der Waals surface area contributed by atoms with E-state index >= 15 is 0 Å². The van der Waals surface area contributed by atoms with Gasteiger partial charge in [-0.05, 0) is 17.9 Å². The normalized spacial score (nSPS) is 46.1. The van der Waals surface area contributed by atoms with Crippen molar-refractivity contribution in [2.75, 3.05) is 5.88 Å². The van der Waals surface area contributed by atoms with Crippen LogP contribution in [0.15, 0.2) is 11.1 Å². The Labute approximate surface area is 135 Å². The summed E-state index contributed by atoms with van der Waals surface area (Å²) in [5, 5.41) is -0.435. The third-order valence-corrected chi connectivity index (χ3v) is 7.30. The molecule has 2 saturated carbocycles. The van der Waals surface area contributed by atoms with E-state index < -0.39 is 20.0 Å². The van der Waals surface area contributed by atoms with Crippen LogP contribution in [0.2, 0.25) is 0 Å². The Morgan fingerprint density at radius 1 is 1.35 bits per heavy atom. The van der Waals surface area contributed by atoms with Crippen molar-refractivity contribution in [3.63, 3.8) is 0 Å². The van der Waals surface area contributed by atoms with Gasteiger partial charge in [0, 0.05) is 22.7 Å². The lowest BCUT2D eigenvalue weighted by molar-refractivity contribution is 0.283. The summed E-state index contributed by atoms with van der Waals surface area (Å²) in [6.45, 7) is 0. The van der Waals surface area contributed by atoms with Gasteiger partial charge in [0.15, 0.2) is 0 Å². The molecule has 2 bridgehead atoms. The molecule has 2 aliphatic rings. The SMILES string of the molecule is Cl/C=C1\[C@@H]2C[C@@H]([C@@H](Cl)C2(Cl)Cl)[C@@]1(CCl)C(Cl)Cl. The molecule has 0 saturated heterocycles. The van der Waals surface area contributed by atoms with Gasteiger partial charge in [-0.25, -0.2) is 0 Å². The summed E-state index contributed by atoms with van der Waals surface area (Å²) in [6, 6.07) is 0. The van der Waals surface area contributed by atoms with Crippen molar-refractivity contribution in [1.29, 1.82) is 0 Å². The molecule has 0 spiro atoms. The van der Waals surface area contributed by atoms with Crippen molar-refractivity contribution in [2.45, 2.75) is 21.0 Å². The quantitative estimate of drug-likeness (QED) is 0.552. The van der Waals surface area contributed by atoms with E-state index in [4.69, 9.17) is 81.2 Å². The van der Waals surface area contributed by atoms with E-state index in [0.29, 0.717) is 6.42 Å². The zero-order chi connectivity index (χ0) is 13.0. The molecule has 2 rings (SSSR count). The fraction of sp³-hybridized carbons (Fsp3) is 0.800. The van der Waals surface area contributed by atoms with Crippen molar-refractivity contribution in [2.24, 2.45) is 17.3 Å². The molecule has 0 aromatic carbocycles. The first kappa shape index (κ1) is 15.2. The predicted molar refractivity (Wildman–Crippen MR) is 78.3 cm³/mol. The molecule has 17 heavy (non-hydrogen) atoms. The second-order valence-electron chi connectivity index (χ2n) is 4.51. The van der Waals surface area contributed by atoms with Crippen LogP contribution in [-0.2, 0) is 0 Å². The summed E-state index contributed by atoms with van der Waals surface area (Å²) < 4.78 is -1.04. The second kappa shape index (κ2) is 4.95. The monoisotopic (exact) mass is 374 g/mol. The molecule has 0 unspecified atom stereocenters. The van der Waals surface area contributed by atoms with Crippen molar-refractivity contribution >= 4 is 81.2 Å². The highest BCUT2D eigenvalue weighted by molar-refractivity contribution is 6.53. The summed E-state index contributed by atoms with van der Waals surface area (Å²) >= 11 is 43.0. The van der Waals surface area contributed by atoms with E-state index in [1.807, 2.05) is 0 Å². The van der Waals surface area contributed by atoms with E-state index in [1.54, 1.807) is 0 Å². The Bertz CT molecular complexity index is 351. The van der Waals surface area contributed by atoms with E-state index in [2.05, 4.69) is 0 Å². The Balaban J connectivity index is 2.53. The lowest BCUT2D eigenvalue weighted by atomic mass is 9.72. The molecule has 0 radical (unpaired) electrons. The predicted octanol–water partition coefficient (Wildman–Crippen LogP) is 5.57. The molecule has 2 fully saturated rings. The molecule has 7 heteroatoms. The molecule has 4 atom stereocenters. The first-order valence-corrected chi connectivity index (χ1v) is 8.04. The smallest absolute Gasteiger partial charge is 0.126 e. The number of hydrogen-bond acceptors (Lipinski definition) is 0.